The molecule has 2 rings (SSSR count). The number of piperazine rings is 1. The molecule has 2 aliphatic rings. The molecule has 0 aromatic rings. The van der Waals surface area contributed by atoms with Crippen LogP contribution in [0.4, 0.5) is 4.79 Å². The molecular weight excluding hydrogens is 260 g/mol. The maximum Gasteiger partial charge on any atom is 0.320 e. The van der Waals surface area contributed by atoms with E-state index in [0.29, 0.717) is 32.2 Å². The molecule has 0 radical (unpaired) electrons. The van der Waals surface area contributed by atoms with E-state index in [1.54, 1.807) is 0 Å². The maximum atomic E-state index is 12.4. The highest BCUT2D eigenvalue weighted by Crippen LogP contribution is 2.16. The molecule has 2 heterocycles. The second-order valence-corrected chi connectivity index (χ2v) is 5.79. The first-order valence-corrected chi connectivity index (χ1v) is 7.12. The number of hydrogen-bond donors (Lipinski definition) is 1. The summed E-state index contributed by atoms with van der Waals surface area (Å²) in [5.74, 6) is -0.807. The molecule has 0 aromatic carbocycles. The summed E-state index contributed by atoms with van der Waals surface area (Å²) in [5, 5.41) is 8.76. The van der Waals surface area contributed by atoms with Crippen LogP contribution in [0.1, 0.15) is 6.42 Å². The van der Waals surface area contributed by atoms with E-state index < -0.39 is 5.97 Å². The molecule has 0 spiro atoms. The van der Waals surface area contributed by atoms with Gasteiger partial charge in [0.25, 0.3) is 0 Å². The largest absolute Gasteiger partial charge is 0.480 e. The molecule has 2 saturated heterocycles. The molecule has 0 bridgehead atoms. The van der Waals surface area contributed by atoms with E-state index in [4.69, 9.17) is 5.11 Å². The summed E-state index contributed by atoms with van der Waals surface area (Å²) in [4.78, 5) is 30.8. The number of carbonyl (C=O) groups excluding carboxylic acids is 1. The zero-order valence-electron chi connectivity index (χ0n) is 12.3. The van der Waals surface area contributed by atoms with Gasteiger partial charge in [-0.1, -0.05) is 0 Å². The lowest BCUT2D eigenvalue weighted by molar-refractivity contribution is -0.138. The highest BCUT2D eigenvalue weighted by Gasteiger charge is 2.31. The topological polar surface area (TPSA) is 67.3 Å². The average Bonchev–Trinajstić information content (AvgIpc) is 2.88. The fraction of sp³-hybridized carbons (Fsp3) is 0.846. The van der Waals surface area contributed by atoms with Gasteiger partial charge in [-0.25, -0.2) is 4.79 Å². The van der Waals surface area contributed by atoms with Gasteiger partial charge in [-0.2, -0.15) is 0 Å². The molecule has 0 aromatic heterocycles. The van der Waals surface area contributed by atoms with E-state index in [-0.39, 0.29) is 12.6 Å². The Kier molecular flexibility index (Phi) is 4.82. The SMILES string of the molecule is CN(C)C1CCN(C(=O)N2CCN(CC(=O)O)CC2)C1. The Morgan fingerprint density at radius 2 is 1.75 bits per heavy atom. The lowest BCUT2D eigenvalue weighted by Crippen LogP contribution is -2.53. The second kappa shape index (κ2) is 6.41. The monoisotopic (exact) mass is 284 g/mol. The minimum absolute atomic E-state index is 0.0639. The lowest BCUT2D eigenvalue weighted by Gasteiger charge is -2.36. The summed E-state index contributed by atoms with van der Waals surface area (Å²) < 4.78 is 0. The van der Waals surface area contributed by atoms with E-state index in [1.807, 2.05) is 28.8 Å². The van der Waals surface area contributed by atoms with Gasteiger partial charge in [-0.3, -0.25) is 9.69 Å². The van der Waals surface area contributed by atoms with Crippen LogP contribution < -0.4 is 0 Å². The Morgan fingerprint density at radius 1 is 1.10 bits per heavy atom. The van der Waals surface area contributed by atoms with E-state index in [9.17, 15) is 9.59 Å². The van der Waals surface area contributed by atoms with Gasteiger partial charge in [0.05, 0.1) is 6.54 Å². The molecule has 0 saturated carbocycles. The number of amides is 2. The number of rotatable bonds is 3. The van der Waals surface area contributed by atoms with Crippen LogP contribution in [0.5, 0.6) is 0 Å². The van der Waals surface area contributed by atoms with Crippen LogP contribution in [0.15, 0.2) is 0 Å². The molecule has 20 heavy (non-hydrogen) atoms. The van der Waals surface area contributed by atoms with Gasteiger partial charge in [-0.05, 0) is 20.5 Å². The fourth-order valence-electron chi connectivity index (χ4n) is 2.83. The summed E-state index contributed by atoms with van der Waals surface area (Å²) in [6.07, 6.45) is 1.03. The minimum Gasteiger partial charge on any atom is -0.480 e. The molecule has 0 aliphatic carbocycles. The first kappa shape index (κ1) is 15.1. The molecule has 2 amide bonds. The summed E-state index contributed by atoms with van der Waals surface area (Å²) in [6, 6.07) is 0.552. The quantitative estimate of drug-likeness (QED) is 0.753. The number of carboxylic acid groups (broad SMARTS) is 1. The lowest BCUT2D eigenvalue weighted by atomic mass is 10.2. The molecule has 2 fully saturated rings. The predicted octanol–water partition coefficient (Wildman–Crippen LogP) is -0.555. The molecular formula is C13H24N4O3. The Balaban J connectivity index is 1.79. The Bertz CT molecular complexity index is 367. The van der Waals surface area contributed by atoms with Crippen LogP contribution in [0.3, 0.4) is 0 Å². The molecule has 7 nitrogen and oxygen atoms in total. The zero-order chi connectivity index (χ0) is 14.7. The third-order valence-electron chi connectivity index (χ3n) is 4.17. The van der Waals surface area contributed by atoms with Crippen molar-refractivity contribution in [3.63, 3.8) is 0 Å². The number of carboxylic acids is 1. The van der Waals surface area contributed by atoms with Gasteiger partial charge in [0, 0.05) is 45.3 Å². The van der Waals surface area contributed by atoms with Crippen molar-refractivity contribution in [1.82, 2.24) is 19.6 Å². The van der Waals surface area contributed by atoms with Crippen molar-refractivity contribution in [2.24, 2.45) is 0 Å². The number of hydrogen-bond acceptors (Lipinski definition) is 4. The summed E-state index contributed by atoms with van der Waals surface area (Å²) in [7, 11) is 4.09. The molecule has 114 valence electrons. The van der Waals surface area contributed by atoms with Gasteiger partial charge >= 0.3 is 12.0 Å². The van der Waals surface area contributed by atoms with E-state index in [0.717, 1.165) is 19.5 Å². The highest BCUT2D eigenvalue weighted by molar-refractivity contribution is 5.75. The third kappa shape index (κ3) is 3.61. The molecule has 1 N–H and O–H groups in total. The Labute approximate surface area is 119 Å². The number of aliphatic carboxylic acids is 1. The molecule has 1 atom stereocenters. The standard InChI is InChI=1S/C13H24N4O3/c1-14(2)11-3-4-17(9-11)13(20)16-7-5-15(6-8-16)10-12(18)19/h11H,3-10H2,1-2H3,(H,18,19). The van der Waals surface area contributed by atoms with E-state index >= 15 is 0 Å². The number of likely N-dealkylation sites (N-methyl/N-ethyl adjacent to an activating group) is 1. The number of nitrogens with zero attached hydrogens (tertiary/aromatic N) is 4. The van der Waals surface area contributed by atoms with Crippen LogP contribution in [0, 0.1) is 0 Å². The third-order valence-corrected chi connectivity index (χ3v) is 4.17. The first-order chi connectivity index (χ1) is 9.47. The highest BCUT2D eigenvalue weighted by atomic mass is 16.4. The molecule has 1 unspecified atom stereocenters. The number of carbonyl (C=O) groups is 2. The van der Waals surface area contributed by atoms with Crippen LogP contribution in [-0.4, -0.2) is 103 Å². The first-order valence-electron chi connectivity index (χ1n) is 7.12. The van der Waals surface area contributed by atoms with Crippen LogP contribution >= 0.6 is 0 Å². The van der Waals surface area contributed by atoms with Gasteiger partial charge in [0.2, 0.25) is 0 Å². The summed E-state index contributed by atoms with van der Waals surface area (Å²) in [5.41, 5.74) is 0. The number of likely N-dealkylation sites (tertiary alicyclic amines) is 1. The second-order valence-electron chi connectivity index (χ2n) is 5.79. The van der Waals surface area contributed by atoms with Gasteiger partial charge < -0.3 is 19.8 Å². The van der Waals surface area contributed by atoms with Crippen molar-refractivity contribution < 1.29 is 14.7 Å². The number of urea groups is 1. The van der Waals surface area contributed by atoms with Gasteiger partial charge in [0.15, 0.2) is 0 Å². The van der Waals surface area contributed by atoms with E-state index in [1.165, 1.54) is 0 Å². The average molecular weight is 284 g/mol. The zero-order valence-corrected chi connectivity index (χ0v) is 12.3. The summed E-state index contributed by atoms with van der Waals surface area (Å²) in [6.45, 7) is 4.20. The predicted molar refractivity (Wildman–Crippen MR) is 74.7 cm³/mol. The van der Waals surface area contributed by atoms with Crippen LogP contribution in [0.2, 0.25) is 0 Å². The van der Waals surface area contributed by atoms with Crippen molar-refractivity contribution in [3.05, 3.63) is 0 Å². The van der Waals surface area contributed by atoms with Crippen molar-refractivity contribution in [2.75, 3.05) is 59.9 Å². The van der Waals surface area contributed by atoms with Crippen LogP contribution in [0.25, 0.3) is 0 Å². The normalized spacial score (nSPS) is 24.4. The smallest absolute Gasteiger partial charge is 0.320 e. The van der Waals surface area contributed by atoms with Crippen molar-refractivity contribution in [2.45, 2.75) is 12.5 Å². The van der Waals surface area contributed by atoms with Crippen molar-refractivity contribution >= 4 is 12.0 Å². The maximum absolute atomic E-state index is 12.4. The molecule has 7 heteroatoms. The Hall–Kier alpha value is -1.34. The van der Waals surface area contributed by atoms with Crippen LogP contribution in [-0.2, 0) is 4.79 Å². The molecule has 2 aliphatic heterocycles. The summed E-state index contributed by atoms with van der Waals surface area (Å²) >= 11 is 0. The van der Waals surface area contributed by atoms with Crippen molar-refractivity contribution in [1.29, 1.82) is 0 Å². The Morgan fingerprint density at radius 3 is 2.25 bits per heavy atom. The minimum atomic E-state index is -0.807. The fourth-order valence-corrected chi connectivity index (χ4v) is 2.83. The van der Waals surface area contributed by atoms with E-state index in [2.05, 4.69) is 4.90 Å². The van der Waals surface area contributed by atoms with Gasteiger partial charge in [0.1, 0.15) is 0 Å². The van der Waals surface area contributed by atoms with Gasteiger partial charge in [-0.15, -0.1) is 0 Å². The van der Waals surface area contributed by atoms with Crippen molar-refractivity contribution in [3.8, 4) is 0 Å².